The van der Waals surface area contributed by atoms with Crippen LogP contribution in [0.2, 0.25) is 0 Å². The van der Waals surface area contributed by atoms with Crippen molar-refractivity contribution in [3.8, 4) is 0 Å². The van der Waals surface area contributed by atoms with Crippen LogP contribution in [0.25, 0.3) is 0 Å². The molecule has 0 atom stereocenters. The SMILES string of the molecule is O=CN(c1nn[nH]n1)C1(c2ccccc2)CCCC1. The Hall–Kier alpha value is -2.24. The van der Waals surface area contributed by atoms with E-state index >= 15 is 0 Å². The molecule has 1 saturated carbocycles. The standard InChI is InChI=1S/C13H15N5O/c19-10-18(12-14-16-17-15-12)13(8-4-5-9-13)11-6-2-1-3-7-11/h1-3,6-7,10H,4-5,8-9H2,(H,14,15,16,17). The van der Waals surface area contributed by atoms with Crippen LogP contribution in [0, 0.1) is 0 Å². The molecule has 98 valence electrons. The summed E-state index contributed by atoms with van der Waals surface area (Å²) < 4.78 is 0. The number of amides is 1. The third-order valence-electron chi connectivity index (χ3n) is 3.86. The van der Waals surface area contributed by atoms with Gasteiger partial charge in [0.25, 0.3) is 5.95 Å². The van der Waals surface area contributed by atoms with E-state index in [1.807, 2.05) is 18.2 Å². The van der Waals surface area contributed by atoms with Crippen molar-refractivity contribution >= 4 is 12.4 Å². The third-order valence-corrected chi connectivity index (χ3v) is 3.86. The first-order valence-electron chi connectivity index (χ1n) is 6.40. The number of anilines is 1. The van der Waals surface area contributed by atoms with Gasteiger partial charge in [0.05, 0.1) is 5.54 Å². The molecule has 1 fully saturated rings. The molecule has 1 aromatic carbocycles. The van der Waals surface area contributed by atoms with Crippen LogP contribution >= 0.6 is 0 Å². The monoisotopic (exact) mass is 257 g/mol. The van der Waals surface area contributed by atoms with Crippen molar-refractivity contribution in [3.63, 3.8) is 0 Å². The molecule has 0 radical (unpaired) electrons. The van der Waals surface area contributed by atoms with Gasteiger partial charge in [-0.15, -0.1) is 5.10 Å². The largest absolute Gasteiger partial charge is 0.278 e. The summed E-state index contributed by atoms with van der Waals surface area (Å²) in [6.45, 7) is 0. The van der Waals surface area contributed by atoms with E-state index in [1.54, 1.807) is 4.90 Å². The molecule has 0 aliphatic heterocycles. The van der Waals surface area contributed by atoms with Crippen LogP contribution in [0.15, 0.2) is 30.3 Å². The molecule has 1 heterocycles. The van der Waals surface area contributed by atoms with Crippen molar-refractivity contribution in [2.45, 2.75) is 31.2 Å². The zero-order chi connectivity index (χ0) is 13.1. The lowest BCUT2D eigenvalue weighted by Gasteiger charge is -2.37. The Kier molecular flexibility index (Phi) is 2.98. The van der Waals surface area contributed by atoms with Crippen LogP contribution in [0.4, 0.5) is 5.95 Å². The highest BCUT2D eigenvalue weighted by Crippen LogP contribution is 2.44. The first-order valence-corrected chi connectivity index (χ1v) is 6.40. The quantitative estimate of drug-likeness (QED) is 0.845. The zero-order valence-electron chi connectivity index (χ0n) is 10.5. The molecule has 19 heavy (non-hydrogen) atoms. The number of H-pyrrole nitrogens is 1. The second-order valence-corrected chi connectivity index (χ2v) is 4.79. The van der Waals surface area contributed by atoms with Gasteiger partial charge in [-0.2, -0.15) is 5.21 Å². The number of nitrogens with zero attached hydrogens (tertiary/aromatic N) is 4. The number of benzene rings is 1. The lowest BCUT2D eigenvalue weighted by molar-refractivity contribution is -0.108. The maximum Gasteiger partial charge on any atom is 0.272 e. The van der Waals surface area contributed by atoms with Gasteiger partial charge in [-0.05, 0) is 23.6 Å². The fourth-order valence-corrected chi connectivity index (χ4v) is 2.97. The van der Waals surface area contributed by atoms with E-state index in [1.165, 1.54) is 0 Å². The fraction of sp³-hybridized carbons (Fsp3) is 0.385. The summed E-state index contributed by atoms with van der Waals surface area (Å²) >= 11 is 0. The minimum atomic E-state index is -0.340. The highest BCUT2D eigenvalue weighted by molar-refractivity contribution is 5.74. The highest BCUT2D eigenvalue weighted by Gasteiger charge is 2.43. The molecule has 1 aliphatic rings. The summed E-state index contributed by atoms with van der Waals surface area (Å²) in [5, 5.41) is 13.9. The van der Waals surface area contributed by atoms with Crippen molar-refractivity contribution in [1.82, 2.24) is 20.6 Å². The van der Waals surface area contributed by atoms with Crippen LogP contribution in [-0.4, -0.2) is 27.0 Å². The van der Waals surface area contributed by atoms with Crippen LogP contribution in [-0.2, 0) is 10.3 Å². The fourth-order valence-electron chi connectivity index (χ4n) is 2.97. The molecule has 6 nitrogen and oxygen atoms in total. The van der Waals surface area contributed by atoms with Crippen LogP contribution in [0.1, 0.15) is 31.2 Å². The van der Waals surface area contributed by atoms with Crippen LogP contribution in [0.3, 0.4) is 0 Å². The molecule has 0 saturated heterocycles. The molecule has 2 aromatic rings. The second kappa shape index (κ2) is 4.79. The van der Waals surface area contributed by atoms with Gasteiger partial charge in [0.1, 0.15) is 0 Å². The number of hydrogen-bond donors (Lipinski definition) is 1. The van der Waals surface area contributed by atoms with Crippen molar-refractivity contribution in [2.24, 2.45) is 0 Å². The average Bonchev–Trinajstić information content (AvgIpc) is 3.13. The van der Waals surface area contributed by atoms with Crippen molar-refractivity contribution < 1.29 is 4.79 Å². The number of rotatable bonds is 4. The van der Waals surface area contributed by atoms with Crippen LogP contribution in [0.5, 0.6) is 0 Å². The van der Waals surface area contributed by atoms with Gasteiger partial charge in [0.15, 0.2) is 0 Å². The number of aromatic nitrogens is 4. The predicted octanol–water partition coefficient (Wildman–Crippen LogP) is 1.63. The van der Waals surface area contributed by atoms with E-state index in [0.717, 1.165) is 37.7 Å². The van der Waals surface area contributed by atoms with E-state index in [2.05, 4.69) is 32.8 Å². The first-order chi connectivity index (χ1) is 9.37. The molecular formula is C13H15N5O. The van der Waals surface area contributed by atoms with E-state index in [-0.39, 0.29) is 5.54 Å². The van der Waals surface area contributed by atoms with Crippen LogP contribution < -0.4 is 4.90 Å². The van der Waals surface area contributed by atoms with Gasteiger partial charge in [0.2, 0.25) is 6.41 Å². The summed E-state index contributed by atoms with van der Waals surface area (Å²) in [6.07, 6.45) is 4.84. The minimum absolute atomic E-state index is 0.334. The smallest absolute Gasteiger partial charge is 0.272 e. The van der Waals surface area contributed by atoms with Crippen molar-refractivity contribution in [1.29, 1.82) is 0 Å². The van der Waals surface area contributed by atoms with Gasteiger partial charge in [0, 0.05) is 0 Å². The molecule has 1 aromatic heterocycles. The average molecular weight is 257 g/mol. The van der Waals surface area contributed by atoms with Crippen molar-refractivity contribution in [2.75, 3.05) is 4.90 Å². The molecule has 0 spiro atoms. The van der Waals surface area contributed by atoms with Gasteiger partial charge >= 0.3 is 0 Å². The van der Waals surface area contributed by atoms with E-state index in [0.29, 0.717) is 5.95 Å². The Labute approximate surface area is 110 Å². The van der Waals surface area contributed by atoms with Gasteiger partial charge < -0.3 is 0 Å². The summed E-state index contributed by atoms with van der Waals surface area (Å²) in [5.74, 6) is 0.334. The molecule has 0 unspecified atom stereocenters. The molecule has 3 rings (SSSR count). The molecule has 1 N–H and O–H groups in total. The summed E-state index contributed by atoms with van der Waals surface area (Å²) in [5.41, 5.74) is 0.789. The number of aromatic amines is 1. The summed E-state index contributed by atoms with van der Waals surface area (Å²) in [7, 11) is 0. The Morgan fingerprint density at radius 1 is 1.21 bits per heavy atom. The normalized spacial score (nSPS) is 17.3. The predicted molar refractivity (Wildman–Crippen MR) is 69.3 cm³/mol. The number of carbonyl (C=O) groups excluding carboxylic acids is 1. The van der Waals surface area contributed by atoms with E-state index in [4.69, 9.17) is 0 Å². The Balaban J connectivity index is 2.07. The number of hydrogen-bond acceptors (Lipinski definition) is 4. The number of tetrazole rings is 1. The topological polar surface area (TPSA) is 74.8 Å². The third kappa shape index (κ3) is 1.89. The van der Waals surface area contributed by atoms with E-state index in [9.17, 15) is 4.79 Å². The zero-order valence-corrected chi connectivity index (χ0v) is 10.5. The molecular weight excluding hydrogens is 242 g/mol. The minimum Gasteiger partial charge on any atom is -0.278 e. The maximum atomic E-state index is 11.6. The highest BCUT2D eigenvalue weighted by atomic mass is 16.1. The Morgan fingerprint density at radius 3 is 2.53 bits per heavy atom. The number of carbonyl (C=O) groups is 1. The Morgan fingerprint density at radius 2 is 1.95 bits per heavy atom. The lowest BCUT2D eigenvalue weighted by atomic mass is 9.87. The molecule has 1 amide bonds. The van der Waals surface area contributed by atoms with Crippen molar-refractivity contribution in [3.05, 3.63) is 35.9 Å². The molecule has 1 aliphatic carbocycles. The van der Waals surface area contributed by atoms with Gasteiger partial charge in [-0.1, -0.05) is 48.3 Å². The first kappa shape index (κ1) is 11.8. The number of nitrogens with one attached hydrogen (secondary N) is 1. The lowest BCUT2D eigenvalue weighted by Crippen LogP contribution is -2.44. The Bertz CT molecular complexity index is 533. The van der Waals surface area contributed by atoms with Gasteiger partial charge in [-0.3, -0.25) is 9.69 Å². The summed E-state index contributed by atoms with van der Waals surface area (Å²) in [4.78, 5) is 13.2. The van der Waals surface area contributed by atoms with E-state index < -0.39 is 0 Å². The molecule has 6 heteroatoms. The van der Waals surface area contributed by atoms with Gasteiger partial charge in [-0.25, -0.2) is 0 Å². The summed E-state index contributed by atoms with van der Waals surface area (Å²) in [6, 6.07) is 10.1. The maximum absolute atomic E-state index is 11.6. The second-order valence-electron chi connectivity index (χ2n) is 4.79. The molecule has 0 bridgehead atoms.